The van der Waals surface area contributed by atoms with Crippen LogP contribution in [-0.2, 0) is 20.0 Å². The Hall–Kier alpha value is -2.68. The second-order valence-electron chi connectivity index (χ2n) is 8.36. The Bertz CT molecular complexity index is 910. The summed E-state index contributed by atoms with van der Waals surface area (Å²) in [5.74, 6) is 1.17. The largest absolute Gasteiger partial charge is 0.393 e. The summed E-state index contributed by atoms with van der Waals surface area (Å²) in [6.07, 6.45) is 8.79. The summed E-state index contributed by atoms with van der Waals surface area (Å²) >= 11 is 0. The van der Waals surface area contributed by atoms with Crippen molar-refractivity contribution in [1.29, 1.82) is 0 Å². The predicted molar refractivity (Wildman–Crippen MR) is 103 cm³/mol. The normalized spacial score (nSPS) is 26.3. The van der Waals surface area contributed by atoms with Gasteiger partial charge in [0.25, 0.3) is 11.8 Å². The van der Waals surface area contributed by atoms with Gasteiger partial charge in [0.05, 0.1) is 6.10 Å². The number of rotatable bonds is 2. The predicted octanol–water partition coefficient (Wildman–Crippen LogP) is 0.443. The molecule has 2 bridgehead atoms. The average molecular weight is 398 g/mol. The van der Waals surface area contributed by atoms with Crippen LogP contribution >= 0.6 is 0 Å². The zero-order valence-corrected chi connectivity index (χ0v) is 16.6. The number of aliphatic hydroxyl groups excluding tert-OH is 1. The van der Waals surface area contributed by atoms with Crippen molar-refractivity contribution >= 4 is 11.8 Å². The van der Waals surface area contributed by atoms with E-state index in [-0.39, 0.29) is 30.0 Å². The highest BCUT2D eigenvalue weighted by atomic mass is 16.3. The first-order chi connectivity index (χ1) is 14.0. The van der Waals surface area contributed by atoms with Crippen LogP contribution in [0.2, 0.25) is 0 Å². The van der Waals surface area contributed by atoms with Crippen LogP contribution in [0.25, 0.3) is 0 Å². The van der Waals surface area contributed by atoms with Crippen LogP contribution in [0.1, 0.15) is 52.6 Å². The number of amides is 2. The first-order valence-corrected chi connectivity index (χ1v) is 10.3. The topological polar surface area (TPSA) is 96.5 Å². The molecule has 0 aromatic carbocycles. The molecule has 0 spiro atoms. The molecule has 1 unspecified atom stereocenters. The number of imidazole rings is 2. The standard InChI is InChI=1S/C20H26N6O3/c1-23-7-5-21-18(23)20(29)24-6-4-17-22-16(12-25(17)9-8-24)19(28)26-13-2-3-14(26)11-15(27)10-13/h5,7,12-15,27H,2-4,6,8-11H2,1H3/t13-,14+,15?. The van der Waals surface area contributed by atoms with E-state index in [0.29, 0.717) is 50.4 Å². The highest BCUT2D eigenvalue weighted by molar-refractivity contribution is 5.93. The molecule has 2 saturated heterocycles. The minimum atomic E-state index is -0.294. The Kier molecular flexibility index (Phi) is 4.42. The van der Waals surface area contributed by atoms with Crippen molar-refractivity contribution in [3.8, 4) is 0 Å². The molecule has 5 rings (SSSR count). The van der Waals surface area contributed by atoms with Crippen molar-refractivity contribution in [1.82, 2.24) is 28.9 Å². The lowest BCUT2D eigenvalue weighted by Gasteiger charge is -2.36. The summed E-state index contributed by atoms with van der Waals surface area (Å²) in [6, 6.07) is 0.257. The molecule has 2 amide bonds. The first kappa shape index (κ1) is 18.4. The molecule has 2 aromatic rings. The van der Waals surface area contributed by atoms with E-state index in [0.717, 1.165) is 18.7 Å². The molecule has 2 fully saturated rings. The van der Waals surface area contributed by atoms with Gasteiger partial charge in [-0.1, -0.05) is 0 Å². The van der Waals surface area contributed by atoms with Gasteiger partial charge < -0.3 is 24.0 Å². The van der Waals surface area contributed by atoms with Gasteiger partial charge in [-0.05, 0) is 25.7 Å². The van der Waals surface area contributed by atoms with E-state index in [1.54, 1.807) is 21.9 Å². The lowest BCUT2D eigenvalue weighted by molar-refractivity contribution is 0.0282. The third-order valence-corrected chi connectivity index (χ3v) is 6.54. The molecule has 2 aromatic heterocycles. The van der Waals surface area contributed by atoms with Gasteiger partial charge >= 0.3 is 0 Å². The fourth-order valence-corrected chi connectivity index (χ4v) is 5.05. The zero-order chi connectivity index (χ0) is 20.1. The Morgan fingerprint density at radius 1 is 1.10 bits per heavy atom. The first-order valence-electron chi connectivity index (χ1n) is 10.3. The maximum absolute atomic E-state index is 13.1. The number of carbonyl (C=O) groups excluding carboxylic acids is 2. The Labute approximate surface area is 168 Å². The number of piperidine rings is 1. The highest BCUT2D eigenvalue weighted by Crippen LogP contribution is 2.36. The Balaban J connectivity index is 1.30. The smallest absolute Gasteiger partial charge is 0.289 e. The third kappa shape index (κ3) is 3.13. The molecule has 5 heterocycles. The number of carbonyl (C=O) groups is 2. The minimum Gasteiger partial charge on any atom is -0.393 e. The lowest BCUT2D eigenvalue weighted by Crippen LogP contribution is -2.48. The van der Waals surface area contributed by atoms with Crippen molar-refractivity contribution in [2.75, 3.05) is 13.1 Å². The maximum atomic E-state index is 13.1. The van der Waals surface area contributed by atoms with Crippen LogP contribution in [0.3, 0.4) is 0 Å². The summed E-state index contributed by atoms with van der Waals surface area (Å²) in [6.45, 7) is 1.72. The molecular formula is C20H26N6O3. The summed E-state index contributed by atoms with van der Waals surface area (Å²) < 4.78 is 3.73. The summed E-state index contributed by atoms with van der Waals surface area (Å²) in [5, 5.41) is 9.98. The molecule has 1 N–H and O–H groups in total. The van der Waals surface area contributed by atoms with E-state index in [9.17, 15) is 14.7 Å². The van der Waals surface area contributed by atoms with Crippen LogP contribution in [0.15, 0.2) is 18.6 Å². The van der Waals surface area contributed by atoms with E-state index in [1.807, 2.05) is 22.7 Å². The Morgan fingerprint density at radius 2 is 1.86 bits per heavy atom. The number of nitrogens with zero attached hydrogens (tertiary/aromatic N) is 6. The second-order valence-corrected chi connectivity index (χ2v) is 8.36. The van der Waals surface area contributed by atoms with E-state index >= 15 is 0 Å². The molecule has 9 heteroatoms. The number of fused-ring (bicyclic) bond motifs is 3. The van der Waals surface area contributed by atoms with Crippen LogP contribution in [0, 0.1) is 0 Å². The van der Waals surface area contributed by atoms with Gasteiger partial charge in [-0.15, -0.1) is 0 Å². The molecule has 3 aliphatic rings. The molecular weight excluding hydrogens is 372 g/mol. The summed E-state index contributed by atoms with van der Waals surface area (Å²) in [7, 11) is 1.81. The van der Waals surface area contributed by atoms with Crippen LogP contribution < -0.4 is 0 Å². The fraction of sp³-hybridized carbons (Fsp3) is 0.600. The number of aromatic nitrogens is 4. The molecule has 0 radical (unpaired) electrons. The monoisotopic (exact) mass is 398 g/mol. The van der Waals surface area contributed by atoms with Crippen molar-refractivity contribution in [3.63, 3.8) is 0 Å². The van der Waals surface area contributed by atoms with Gasteiger partial charge in [-0.25, -0.2) is 9.97 Å². The van der Waals surface area contributed by atoms with E-state index in [2.05, 4.69) is 9.97 Å². The van der Waals surface area contributed by atoms with Gasteiger partial charge in [0, 0.05) is 63.8 Å². The van der Waals surface area contributed by atoms with E-state index in [4.69, 9.17) is 0 Å². The van der Waals surface area contributed by atoms with Gasteiger partial charge in [0.1, 0.15) is 11.5 Å². The van der Waals surface area contributed by atoms with E-state index in [1.165, 1.54) is 0 Å². The van der Waals surface area contributed by atoms with Crippen LogP contribution in [0.4, 0.5) is 0 Å². The number of hydrogen-bond acceptors (Lipinski definition) is 5. The molecule has 29 heavy (non-hydrogen) atoms. The molecule has 0 saturated carbocycles. The van der Waals surface area contributed by atoms with E-state index < -0.39 is 0 Å². The Morgan fingerprint density at radius 3 is 2.55 bits per heavy atom. The average Bonchev–Trinajstić information content (AvgIpc) is 3.34. The molecule has 3 atom stereocenters. The van der Waals surface area contributed by atoms with Gasteiger partial charge in [0.15, 0.2) is 5.82 Å². The minimum absolute atomic E-state index is 0.0223. The van der Waals surface area contributed by atoms with Crippen molar-refractivity contribution in [2.24, 2.45) is 7.05 Å². The number of aliphatic hydroxyl groups is 1. The molecule has 0 aliphatic carbocycles. The van der Waals surface area contributed by atoms with Crippen LogP contribution in [0.5, 0.6) is 0 Å². The quantitative estimate of drug-likeness (QED) is 0.792. The lowest BCUT2D eigenvalue weighted by atomic mass is 9.99. The van der Waals surface area contributed by atoms with Gasteiger partial charge in [-0.2, -0.15) is 0 Å². The van der Waals surface area contributed by atoms with Crippen molar-refractivity contribution in [2.45, 2.75) is 56.8 Å². The maximum Gasteiger partial charge on any atom is 0.289 e. The van der Waals surface area contributed by atoms with Gasteiger partial charge in [0.2, 0.25) is 0 Å². The highest BCUT2D eigenvalue weighted by Gasteiger charge is 2.43. The zero-order valence-electron chi connectivity index (χ0n) is 16.6. The summed E-state index contributed by atoms with van der Waals surface area (Å²) in [5.41, 5.74) is 0.483. The van der Waals surface area contributed by atoms with Gasteiger partial charge in [-0.3, -0.25) is 9.59 Å². The number of aryl methyl sites for hydroxylation is 1. The molecule has 9 nitrogen and oxygen atoms in total. The SMILES string of the molecule is Cn1ccnc1C(=O)N1CCc2nc(C(=O)N3[C@@H]4CC[C@H]3CC(O)C4)cn2CC1. The molecule has 3 aliphatic heterocycles. The second kappa shape index (κ2) is 6.98. The summed E-state index contributed by atoms with van der Waals surface area (Å²) in [4.78, 5) is 38.4. The fourth-order valence-electron chi connectivity index (χ4n) is 5.05. The number of hydrogen-bond donors (Lipinski definition) is 1. The molecule has 154 valence electrons. The van der Waals surface area contributed by atoms with Crippen molar-refractivity contribution in [3.05, 3.63) is 35.9 Å². The third-order valence-electron chi connectivity index (χ3n) is 6.54. The van der Waals surface area contributed by atoms with Crippen LogP contribution in [-0.4, -0.2) is 77.1 Å². The van der Waals surface area contributed by atoms with Crippen molar-refractivity contribution < 1.29 is 14.7 Å².